The van der Waals surface area contributed by atoms with Crippen molar-refractivity contribution < 1.29 is 9.59 Å². The molecule has 0 atom stereocenters. The van der Waals surface area contributed by atoms with E-state index in [-0.39, 0.29) is 15.8 Å². The Bertz CT molecular complexity index is 214. The molecule has 0 radical (unpaired) electrons. The van der Waals surface area contributed by atoms with Gasteiger partial charge in [0.05, 0.1) is 0 Å². The predicted octanol–water partition coefficient (Wildman–Crippen LogP) is 1.96. The first kappa shape index (κ1) is 13.5. The molecule has 4 heteroatoms. The summed E-state index contributed by atoms with van der Waals surface area (Å²) in [6.07, 6.45) is 1.48. The maximum Gasteiger partial charge on any atom is 0.216 e. The number of carbonyl (C=O) groups is 2. The predicted molar refractivity (Wildman–Crippen MR) is 60.3 cm³/mol. The van der Waals surface area contributed by atoms with Gasteiger partial charge in [-0.05, 0) is 20.3 Å². The molecule has 0 bridgehead atoms. The van der Waals surface area contributed by atoms with Crippen molar-refractivity contribution in [3.63, 3.8) is 0 Å². The van der Waals surface area contributed by atoms with Gasteiger partial charge in [0.15, 0.2) is 5.12 Å². The number of rotatable bonds is 5. The van der Waals surface area contributed by atoms with E-state index < -0.39 is 0 Å². The zero-order valence-corrected chi connectivity index (χ0v) is 10.2. The van der Waals surface area contributed by atoms with E-state index in [1.807, 2.05) is 20.8 Å². The second-order valence-electron chi connectivity index (χ2n) is 3.89. The molecule has 0 aliphatic heterocycles. The molecule has 1 amide bonds. The van der Waals surface area contributed by atoms with E-state index in [1.54, 1.807) is 0 Å². The van der Waals surface area contributed by atoms with Gasteiger partial charge < -0.3 is 5.32 Å². The fraction of sp³-hybridized carbons (Fsp3) is 0.800. The maximum atomic E-state index is 11.4. The van der Waals surface area contributed by atoms with Crippen LogP contribution in [0.2, 0.25) is 0 Å². The van der Waals surface area contributed by atoms with Crippen LogP contribution >= 0.6 is 11.8 Å². The van der Waals surface area contributed by atoms with E-state index in [4.69, 9.17) is 0 Å². The fourth-order valence-electron chi connectivity index (χ4n) is 0.937. The highest BCUT2D eigenvalue weighted by Crippen LogP contribution is 2.25. The van der Waals surface area contributed by atoms with Gasteiger partial charge in [-0.3, -0.25) is 9.59 Å². The average molecular weight is 217 g/mol. The smallest absolute Gasteiger partial charge is 0.216 e. The topological polar surface area (TPSA) is 46.2 Å². The van der Waals surface area contributed by atoms with E-state index in [9.17, 15) is 9.59 Å². The molecule has 0 saturated carbocycles. The summed E-state index contributed by atoms with van der Waals surface area (Å²) in [5, 5.41) is 2.92. The Morgan fingerprint density at radius 2 is 1.93 bits per heavy atom. The third-order valence-corrected chi connectivity index (χ3v) is 2.74. The minimum atomic E-state index is -0.210. The summed E-state index contributed by atoms with van der Waals surface area (Å²) in [7, 11) is 0. The van der Waals surface area contributed by atoms with Crippen molar-refractivity contribution in [2.24, 2.45) is 0 Å². The highest BCUT2D eigenvalue weighted by atomic mass is 32.2. The lowest BCUT2D eigenvalue weighted by molar-refractivity contribution is -0.119. The molecule has 1 N–H and O–H groups in total. The Morgan fingerprint density at radius 1 is 1.36 bits per heavy atom. The molecule has 0 rings (SSSR count). The molecule has 0 aromatic heterocycles. The molecule has 0 spiro atoms. The molecule has 14 heavy (non-hydrogen) atoms. The van der Waals surface area contributed by atoms with Gasteiger partial charge in [-0.2, -0.15) is 0 Å². The summed E-state index contributed by atoms with van der Waals surface area (Å²) in [5.41, 5.74) is 0. The van der Waals surface area contributed by atoms with Crippen LogP contribution in [0.5, 0.6) is 0 Å². The second kappa shape index (κ2) is 6.06. The number of nitrogens with one attached hydrogen (secondary N) is 1. The van der Waals surface area contributed by atoms with Crippen LogP contribution in [0.25, 0.3) is 0 Å². The summed E-state index contributed by atoms with van der Waals surface area (Å²) in [4.78, 5) is 22.1. The monoisotopic (exact) mass is 217 g/mol. The van der Waals surface area contributed by atoms with Crippen molar-refractivity contribution >= 4 is 22.8 Å². The Labute approximate surface area is 90.0 Å². The standard InChI is InChI=1S/C10H19NO2S/c1-5-6-9(13)14-10(3,4)7-11-8(2)12/h5-7H2,1-4H3,(H,11,12). The first-order chi connectivity index (χ1) is 6.37. The Balaban J connectivity index is 3.93. The van der Waals surface area contributed by atoms with Gasteiger partial charge in [0, 0.05) is 24.6 Å². The number of carbonyl (C=O) groups excluding carboxylic acids is 2. The minimum Gasteiger partial charge on any atom is -0.355 e. The minimum absolute atomic E-state index is 0.0541. The van der Waals surface area contributed by atoms with Crippen LogP contribution in [0.4, 0.5) is 0 Å². The van der Waals surface area contributed by atoms with E-state index in [0.29, 0.717) is 13.0 Å². The summed E-state index contributed by atoms with van der Waals surface area (Å²) < 4.78 is -0.210. The second-order valence-corrected chi connectivity index (χ2v) is 5.66. The lowest BCUT2D eigenvalue weighted by Crippen LogP contribution is -2.35. The molecule has 3 nitrogen and oxygen atoms in total. The van der Waals surface area contributed by atoms with Crippen molar-refractivity contribution in [1.29, 1.82) is 0 Å². The molecule has 0 aliphatic rings. The Kier molecular flexibility index (Phi) is 5.84. The number of thioether (sulfide) groups is 1. The Hall–Kier alpha value is -0.510. The zero-order valence-electron chi connectivity index (χ0n) is 9.35. The van der Waals surface area contributed by atoms with E-state index in [1.165, 1.54) is 18.7 Å². The maximum absolute atomic E-state index is 11.4. The van der Waals surface area contributed by atoms with Crippen LogP contribution < -0.4 is 5.32 Å². The highest BCUT2D eigenvalue weighted by Gasteiger charge is 2.22. The average Bonchev–Trinajstić information content (AvgIpc) is 2.00. The summed E-state index contributed by atoms with van der Waals surface area (Å²) >= 11 is 1.31. The summed E-state index contributed by atoms with van der Waals surface area (Å²) in [6, 6.07) is 0. The third kappa shape index (κ3) is 6.95. The van der Waals surface area contributed by atoms with Gasteiger partial charge in [-0.1, -0.05) is 18.7 Å². The molecular weight excluding hydrogens is 198 g/mol. The largest absolute Gasteiger partial charge is 0.355 e. The van der Waals surface area contributed by atoms with Crippen LogP contribution in [-0.4, -0.2) is 22.3 Å². The van der Waals surface area contributed by atoms with Crippen LogP contribution in [-0.2, 0) is 9.59 Å². The molecular formula is C10H19NO2S. The summed E-state index contributed by atoms with van der Waals surface area (Å²) in [6.45, 7) is 7.92. The van der Waals surface area contributed by atoms with Crippen molar-refractivity contribution in [2.75, 3.05) is 6.54 Å². The van der Waals surface area contributed by atoms with Gasteiger partial charge in [-0.25, -0.2) is 0 Å². The molecule has 0 aromatic rings. The van der Waals surface area contributed by atoms with E-state index >= 15 is 0 Å². The molecule has 82 valence electrons. The normalized spacial score (nSPS) is 11.1. The molecule has 0 unspecified atom stereocenters. The van der Waals surface area contributed by atoms with Gasteiger partial charge in [-0.15, -0.1) is 0 Å². The first-order valence-corrected chi connectivity index (χ1v) is 5.65. The van der Waals surface area contributed by atoms with Crippen LogP contribution in [0.3, 0.4) is 0 Å². The zero-order chi connectivity index (χ0) is 11.2. The van der Waals surface area contributed by atoms with Gasteiger partial charge >= 0.3 is 0 Å². The van der Waals surface area contributed by atoms with Crippen molar-refractivity contribution in [3.05, 3.63) is 0 Å². The van der Waals surface area contributed by atoms with Crippen LogP contribution in [0, 0.1) is 0 Å². The number of amides is 1. The van der Waals surface area contributed by atoms with Crippen molar-refractivity contribution in [3.8, 4) is 0 Å². The van der Waals surface area contributed by atoms with Crippen LogP contribution in [0.15, 0.2) is 0 Å². The van der Waals surface area contributed by atoms with E-state index in [0.717, 1.165) is 6.42 Å². The van der Waals surface area contributed by atoms with Gasteiger partial charge in [0.2, 0.25) is 5.91 Å². The fourth-order valence-corrected chi connectivity index (χ4v) is 2.00. The molecule has 0 aromatic carbocycles. The van der Waals surface area contributed by atoms with Gasteiger partial charge in [0.25, 0.3) is 0 Å². The quantitative estimate of drug-likeness (QED) is 0.765. The lowest BCUT2D eigenvalue weighted by atomic mass is 10.2. The van der Waals surface area contributed by atoms with Crippen molar-refractivity contribution in [1.82, 2.24) is 5.32 Å². The van der Waals surface area contributed by atoms with Crippen LogP contribution in [0.1, 0.15) is 40.5 Å². The van der Waals surface area contributed by atoms with E-state index in [2.05, 4.69) is 5.32 Å². The molecule has 0 aliphatic carbocycles. The third-order valence-electron chi connectivity index (χ3n) is 1.61. The number of hydrogen-bond donors (Lipinski definition) is 1. The molecule has 0 heterocycles. The molecule has 0 saturated heterocycles. The lowest BCUT2D eigenvalue weighted by Gasteiger charge is -2.22. The molecule has 0 fully saturated rings. The number of hydrogen-bond acceptors (Lipinski definition) is 3. The van der Waals surface area contributed by atoms with Gasteiger partial charge in [0.1, 0.15) is 0 Å². The summed E-state index contributed by atoms with van der Waals surface area (Å²) in [5.74, 6) is -0.0541. The van der Waals surface area contributed by atoms with Crippen molar-refractivity contribution in [2.45, 2.75) is 45.3 Å². The first-order valence-electron chi connectivity index (χ1n) is 4.83. The SMILES string of the molecule is CCCC(=O)SC(C)(C)CNC(C)=O. The Morgan fingerprint density at radius 3 is 2.36 bits per heavy atom. The highest BCUT2D eigenvalue weighted by molar-refractivity contribution is 8.14.